The van der Waals surface area contributed by atoms with Gasteiger partial charge in [0, 0.05) is 11.1 Å². The topological polar surface area (TPSA) is 122 Å². The van der Waals surface area contributed by atoms with E-state index in [0.717, 1.165) is 17.7 Å². The quantitative estimate of drug-likeness (QED) is 0.130. The van der Waals surface area contributed by atoms with Crippen LogP contribution >= 0.6 is 0 Å². The predicted octanol–water partition coefficient (Wildman–Crippen LogP) is 12.2. The minimum absolute atomic E-state index is 0.0280. The number of fused-ring (bicyclic) bond motifs is 2. The molecule has 0 bridgehead atoms. The lowest BCUT2D eigenvalue weighted by Gasteiger charge is -2.22. The van der Waals surface area contributed by atoms with Gasteiger partial charge in [0.1, 0.15) is 11.8 Å². The van der Waals surface area contributed by atoms with Crippen LogP contribution < -0.4 is 4.74 Å². The summed E-state index contributed by atoms with van der Waals surface area (Å²) < 4.78 is 44.5. The summed E-state index contributed by atoms with van der Waals surface area (Å²) in [5.74, 6) is -0.638. The fraction of sp³-hybridized carbons (Fsp3) is 0.0417. The molecule has 0 heterocycles. The first-order chi connectivity index (χ1) is 28.9. The highest BCUT2D eigenvalue weighted by molar-refractivity contribution is 6.29. The van der Waals surface area contributed by atoms with Crippen LogP contribution in [0.2, 0.25) is 0 Å². The molecule has 5 aromatic carbocycles. The Hall–Kier alpha value is -9.43. The summed E-state index contributed by atoms with van der Waals surface area (Å²) in [6.45, 7) is 33.8. The van der Waals surface area contributed by atoms with Crippen LogP contribution in [0.5, 0.6) is 5.75 Å². The maximum absolute atomic E-state index is 13.4. The zero-order chi connectivity index (χ0) is 42.9. The van der Waals surface area contributed by atoms with Crippen molar-refractivity contribution < 1.29 is 17.9 Å². The van der Waals surface area contributed by atoms with E-state index in [1.165, 1.54) is 6.07 Å². The van der Waals surface area contributed by atoms with Gasteiger partial charge in [-0.25, -0.2) is 29.9 Å². The van der Waals surface area contributed by atoms with Gasteiger partial charge in [0.05, 0.1) is 55.6 Å². The molecule has 0 saturated heterocycles. The highest BCUT2D eigenvalue weighted by Gasteiger charge is 2.37. The van der Waals surface area contributed by atoms with E-state index in [-0.39, 0.29) is 55.9 Å². The Labute approximate surface area is 341 Å². The van der Waals surface area contributed by atoms with Gasteiger partial charge < -0.3 is 4.74 Å². The van der Waals surface area contributed by atoms with Gasteiger partial charge in [-0.05, 0) is 110 Å². The Morgan fingerprint density at radius 2 is 1.12 bits per heavy atom. The summed E-state index contributed by atoms with van der Waals surface area (Å²) >= 11 is 0. The Morgan fingerprint density at radius 1 is 0.567 bits per heavy atom. The lowest BCUT2D eigenvalue weighted by atomic mass is 9.81. The number of benzene rings is 5. The first kappa shape index (κ1) is 38.8. The summed E-state index contributed by atoms with van der Waals surface area (Å²) in [6.07, 6.45) is -5.07. The van der Waals surface area contributed by atoms with Crippen LogP contribution in [-0.2, 0) is 0 Å². The van der Waals surface area contributed by atoms with Crippen LogP contribution in [0.25, 0.3) is 75.2 Å². The van der Waals surface area contributed by atoms with Crippen LogP contribution in [0.3, 0.4) is 0 Å². The highest BCUT2D eigenvalue weighted by atomic mass is 19.4. The molecule has 2 aliphatic carbocycles. The molecule has 0 N–H and O–H groups in total. The smallest absolute Gasteiger partial charge is 0.406 e. The zero-order valence-electron chi connectivity index (χ0n) is 30.9. The lowest BCUT2D eigenvalue weighted by molar-refractivity contribution is -0.274. The average Bonchev–Trinajstić information content (AvgIpc) is 3.75. The Morgan fingerprint density at radius 3 is 1.63 bits per heavy atom. The normalized spacial score (nSPS) is 14.1. The third kappa shape index (κ3) is 6.55. The summed E-state index contributed by atoms with van der Waals surface area (Å²) in [4.78, 5) is 14.5. The van der Waals surface area contributed by atoms with Crippen LogP contribution in [0.4, 0.5) is 18.9 Å². The van der Waals surface area contributed by atoms with Gasteiger partial charge in [-0.3, -0.25) is 0 Å². The molecule has 0 saturated carbocycles. The molecule has 5 aromatic rings. The number of nitrogens with zero attached hydrogens (tertiary/aromatic N) is 8. The molecule has 12 heteroatoms. The molecule has 0 radical (unpaired) electrons. The molecule has 2 aliphatic rings. The van der Waals surface area contributed by atoms with Gasteiger partial charge in [-0.1, -0.05) is 66.2 Å². The van der Waals surface area contributed by atoms with Crippen molar-refractivity contribution in [2.45, 2.75) is 13.3 Å². The Kier molecular flexibility index (Phi) is 9.87. The van der Waals surface area contributed by atoms with Crippen molar-refractivity contribution in [3.05, 3.63) is 199 Å². The van der Waals surface area contributed by atoms with Crippen LogP contribution in [0.15, 0.2) is 108 Å². The molecule has 9 nitrogen and oxygen atoms in total. The van der Waals surface area contributed by atoms with Gasteiger partial charge in [0.2, 0.25) is 5.70 Å². The molecule has 0 aliphatic heterocycles. The maximum Gasteiger partial charge on any atom is 0.573 e. The van der Waals surface area contributed by atoms with Gasteiger partial charge in [-0.2, -0.15) is 10.5 Å². The average molecular weight is 781 g/mol. The molecule has 0 aromatic heterocycles. The second kappa shape index (κ2) is 15.2. The third-order valence-corrected chi connectivity index (χ3v) is 9.91. The number of rotatable bonds is 5. The van der Waals surface area contributed by atoms with Crippen molar-refractivity contribution in [2.24, 2.45) is 0 Å². The van der Waals surface area contributed by atoms with Crippen molar-refractivity contribution >= 4 is 39.2 Å². The highest BCUT2D eigenvalue weighted by Crippen LogP contribution is 2.55. The summed E-state index contributed by atoms with van der Waals surface area (Å²) in [7, 11) is 0. The van der Waals surface area contributed by atoms with E-state index in [1.807, 2.05) is 19.1 Å². The number of allylic oxidation sites excluding steroid dienone is 7. The number of aryl methyl sites for hydroxylation is 1. The van der Waals surface area contributed by atoms with Crippen LogP contribution in [0, 0.1) is 78.5 Å². The Bertz CT molecular complexity index is 3210. The number of alkyl halides is 3. The number of hydrogen-bond acceptors (Lipinski definition) is 5. The van der Waals surface area contributed by atoms with Crippen LogP contribution in [-0.4, -0.2) is 6.36 Å². The van der Waals surface area contributed by atoms with E-state index >= 15 is 0 Å². The number of ether oxygens (including phenoxy) is 1. The van der Waals surface area contributed by atoms with E-state index in [9.17, 15) is 34.2 Å². The van der Waals surface area contributed by atoms with Crippen molar-refractivity contribution in [1.82, 2.24) is 0 Å². The minimum atomic E-state index is -5.07. The molecule has 278 valence electrons. The van der Waals surface area contributed by atoms with Gasteiger partial charge in [0.25, 0.3) is 11.4 Å². The monoisotopic (exact) mass is 780 g/mol. The van der Waals surface area contributed by atoms with E-state index in [2.05, 4.69) is 36.3 Å². The van der Waals surface area contributed by atoms with E-state index in [1.54, 1.807) is 78.9 Å². The second-order valence-electron chi connectivity index (χ2n) is 13.2. The first-order valence-corrected chi connectivity index (χ1v) is 17.4. The Balaban J connectivity index is 1.70. The van der Waals surface area contributed by atoms with E-state index in [0.29, 0.717) is 50.2 Å². The fourth-order valence-corrected chi connectivity index (χ4v) is 7.46. The summed E-state index contributed by atoms with van der Waals surface area (Å²) in [5.41, 5.74) is 4.41. The summed E-state index contributed by atoms with van der Waals surface area (Å²) in [5, 5.41) is 41.1. The van der Waals surface area contributed by atoms with Gasteiger partial charge in [0.15, 0.2) is 5.69 Å². The third-order valence-electron chi connectivity index (χ3n) is 9.91. The van der Waals surface area contributed by atoms with Gasteiger partial charge in [-0.15, -0.1) is 13.2 Å². The molecule has 0 atom stereocenters. The maximum atomic E-state index is 13.4. The molecule has 0 unspecified atom stereocenters. The molecular weight excluding hydrogens is 762 g/mol. The molecule has 60 heavy (non-hydrogen) atoms. The first-order valence-electron chi connectivity index (χ1n) is 17.4. The predicted molar refractivity (Wildman–Crippen MR) is 217 cm³/mol. The van der Waals surface area contributed by atoms with Crippen molar-refractivity contribution in [1.29, 1.82) is 21.0 Å². The number of hydrogen-bond donors (Lipinski definition) is 0. The number of halogens is 3. The van der Waals surface area contributed by atoms with Crippen molar-refractivity contribution in [2.75, 3.05) is 0 Å². The summed E-state index contributed by atoms with van der Waals surface area (Å²) in [6, 6.07) is 32.8. The second-order valence-corrected chi connectivity index (χ2v) is 13.2. The lowest BCUT2D eigenvalue weighted by Crippen LogP contribution is -2.17. The largest absolute Gasteiger partial charge is 0.573 e. The van der Waals surface area contributed by atoms with Crippen molar-refractivity contribution in [3.8, 4) is 52.3 Å². The molecule has 0 fully saturated rings. The SMILES string of the molecule is [C-]#[N+]C1=C(c2cc(-c3ccc(C#N)cc3)c(C3=C(C#N)c4cc(OC(F)(F)F)ccc4/C3=C(\C#N)[N+]#[C-])cc2-c2ccc([N+]#[C-])cc2)/C(=C(\C#N)[N+]#[C-])c2ccc(C)cc21. The molecule has 0 amide bonds. The van der Waals surface area contributed by atoms with Crippen molar-refractivity contribution in [3.63, 3.8) is 0 Å². The molecule has 7 rings (SSSR count). The van der Waals surface area contributed by atoms with Gasteiger partial charge >= 0.3 is 6.36 Å². The number of nitriles is 4. The van der Waals surface area contributed by atoms with E-state index in [4.69, 9.17) is 26.3 Å². The van der Waals surface area contributed by atoms with Crippen LogP contribution in [0.1, 0.15) is 44.5 Å². The standard InChI is InChI=1S/C48H19F3N8O/c1-26-6-16-33-39(18-26)47(59-5)46(45(33)42(25-55)58-4)38-21-34(28-9-7-27(22-52)8-10-28)37(20-35(38)29-11-13-30(56-2)14-12-29)43-40(23-53)36-19-31(60-48(49,50)51)15-17-32(36)44(43)41(24-54)57-3/h6-21H,1H3/b44-41-,45-42+. The molecule has 0 spiro atoms. The fourth-order valence-electron chi connectivity index (χ4n) is 7.46. The molecular formula is C48H19F3N8O. The minimum Gasteiger partial charge on any atom is -0.406 e. The zero-order valence-corrected chi connectivity index (χ0v) is 30.9. The van der Waals surface area contributed by atoms with E-state index < -0.39 is 17.8 Å².